The van der Waals surface area contributed by atoms with E-state index in [0.717, 1.165) is 6.07 Å². The third kappa shape index (κ3) is 4.80. The summed E-state index contributed by atoms with van der Waals surface area (Å²) >= 11 is 0. The molecule has 0 aliphatic heterocycles. The van der Waals surface area contributed by atoms with Crippen LogP contribution in [0.15, 0.2) is 24.3 Å². The fourth-order valence-electron chi connectivity index (χ4n) is 1.87. The predicted octanol–water partition coefficient (Wildman–Crippen LogP) is 4.23. The molecule has 0 spiro atoms. The summed E-state index contributed by atoms with van der Waals surface area (Å²) in [5.74, 6) is -0.471. The van der Waals surface area contributed by atoms with Gasteiger partial charge in [-0.1, -0.05) is 19.1 Å². The van der Waals surface area contributed by atoms with Crippen molar-refractivity contribution in [3.8, 4) is 5.75 Å². The lowest BCUT2D eigenvalue weighted by molar-refractivity contribution is -0.299. The zero-order valence-electron chi connectivity index (χ0n) is 11.3. The van der Waals surface area contributed by atoms with Gasteiger partial charge in [-0.25, -0.2) is 0 Å². The highest BCUT2D eigenvalue weighted by Gasteiger charge is 2.59. The van der Waals surface area contributed by atoms with Gasteiger partial charge >= 0.3 is 12.4 Å². The van der Waals surface area contributed by atoms with Crippen molar-refractivity contribution >= 4 is 0 Å². The SMILES string of the molecule is CCC(NC)c1cccc(OC(C(F)(F)F)C(F)(F)F)c1. The lowest BCUT2D eigenvalue weighted by Crippen LogP contribution is -2.46. The highest BCUT2D eigenvalue weighted by molar-refractivity contribution is 5.31. The fourth-order valence-corrected chi connectivity index (χ4v) is 1.87. The van der Waals surface area contributed by atoms with Gasteiger partial charge in [0.15, 0.2) is 0 Å². The van der Waals surface area contributed by atoms with E-state index in [0.29, 0.717) is 12.0 Å². The molecular weight excluding hydrogens is 300 g/mol. The molecule has 120 valence electrons. The van der Waals surface area contributed by atoms with Crippen molar-refractivity contribution in [1.29, 1.82) is 0 Å². The van der Waals surface area contributed by atoms with Gasteiger partial charge in [0.1, 0.15) is 5.75 Å². The Morgan fingerprint density at radius 3 is 2.10 bits per heavy atom. The van der Waals surface area contributed by atoms with E-state index in [1.54, 1.807) is 13.1 Å². The van der Waals surface area contributed by atoms with E-state index in [2.05, 4.69) is 10.1 Å². The minimum absolute atomic E-state index is 0.177. The smallest absolute Gasteiger partial charge is 0.434 e. The molecule has 1 aromatic rings. The van der Waals surface area contributed by atoms with Gasteiger partial charge in [-0.3, -0.25) is 0 Å². The second-order valence-electron chi connectivity index (χ2n) is 4.40. The Hall–Kier alpha value is -1.44. The van der Waals surface area contributed by atoms with Crippen LogP contribution in [0.1, 0.15) is 24.9 Å². The van der Waals surface area contributed by atoms with E-state index in [-0.39, 0.29) is 6.04 Å². The van der Waals surface area contributed by atoms with Crippen LogP contribution in [0.3, 0.4) is 0 Å². The molecule has 0 saturated carbocycles. The molecule has 0 amide bonds. The monoisotopic (exact) mass is 315 g/mol. The highest BCUT2D eigenvalue weighted by atomic mass is 19.4. The Balaban J connectivity index is 3.03. The Morgan fingerprint density at radius 2 is 1.67 bits per heavy atom. The average Bonchev–Trinajstić information content (AvgIpc) is 2.35. The summed E-state index contributed by atoms with van der Waals surface area (Å²) in [7, 11) is 1.65. The molecule has 0 aliphatic rings. The molecule has 0 radical (unpaired) electrons. The van der Waals surface area contributed by atoms with Crippen molar-refractivity contribution in [2.24, 2.45) is 0 Å². The van der Waals surface area contributed by atoms with Crippen LogP contribution in [0.4, 0.5) is 26.3 Å². The Morgan fingerprint density at radius 1 is 1.10 bits per heavy atom. The molecule has 1 aromatic carbocycles. The van der Waals surface area contributed by atoms with Crippen LogP contribution in [0.25, 0.3) is 0 Å². The fraction of sp³-hybridized carbons (Fsp3) is 0.538. The van der Waals surface area contributed by atoms with Crippen LogP contribution in [-0.4, -0.2) is 25.5 Å². The summed E-state index contributed by atoms with van der Waals surface area (Å²) in [6.07, 6.45) is -14.3. The molecular formula is C13H15F6NO. The highest BCUT2D eigenvalue weighted by Crippen LogP contribution is 2.36. The standard InChI is InChI=1S/C13H15F6NO/c1-3-10(20-2)8-5-4-6-9(7-8)21-11(12(14,15)16)13(17,18)19/h4-7,10-11,20H,3H2,1-2H3. The summed E-state index contributed by atoms with van der Waals surface area (Å²) in [6, 6.07) is 5.03. The number of ether oxygens (including phenoxy) is 1. The molecule has 1 atom stereocenters. The van der Waals surface area contributed by atoms with Gasteiger partial charge < -0.3 is 10.1 Å². The first-order valence-corrected chi connectivity index (χ1v) is 6.17. The van der Waals surface area contributed by atoms with E-state index in [1.165, 1.54) is 12.1 Å². The number of alkyl halides is 6. The van der Waals surface area contributed by atoms with Crippen molar-refractivity contribution in [3.63, 3.8) is 0 Å². The average molecular weight is 315 g/mol. The lowest BCUT2D eigenvalue weighted by Gasteiger charge is -2.24. The lowest BCUT2D eigenvalue weighted by atomic mass is 10.0. The van der Waals surface area contributed by atoms with Gasteiger partial charge in [-0.15, -0.1) is 0 Å². The van der Waals surface area contributed by atoms with Gasteiger partial charge in [0.25, 0.3) is 6.10 Å². The van der Waals surface area contributed by atoms with E-state index in [9.17, 15) is 26.3 Å². The maximum Gasteiger partial charge on any atom is 0.434 e. The van der Waals surface area contributed by atoms with E-state index in [1.807, 2.05) is 6.92 Å². The third-order valence-electron chi connectivity index (χ3n) is 2.87. The molecule has 1 unspecified atom stereocenters. The minimum Gasteiger partial charge on any atom is -0.471 e. The van der Waals surface area contributed by atoms with Crippen LogP contribution in [0.5, 0.6) is 5.75 Å². The van der Waals surface area contributed by atoms with E-state index >= 15 is 0 Å². The molecule has 1 N–H and O–H groups in total. The Kier molecular flexibility index (Phi) is 5.49. The third-order valence-corrected chi connectivity index (χ3v) is 2.87. The van der Waals surface area contributed by atoms with Crippen molar-refractivity contribution in [3.05, 3.63) is 29.8 Å². The molecule has 0 heterocycles. The normalized spacial score (nSPS) is 14.3. The van der Waals surface area contributed by atoms with Gasteiger partial charge in [0.05, 0.1) is 0 Å². The van der Waals surface area contributed by atoms with Gasteiger partial charge in [-0.05, 0) is 31.2 Å². The first-order valence-electron chi connectivity index (χ1n) is 6.17. The number of halogens is 6. The first kappa shape index (κ1) is 17.6. The summed E-state index contributed by atoms with van der Waals surface area (Å²) in [5.41, 5.74) is 0.556. The van der Waals surface area contributed by atoms with Crippen molar-refractivity contribution < 1.29 is 31.1 Å². The van der Waals surface area contributed by atoms with Gasteiger partial charge in [-0.2, -0.15) is 26.3 Å². The van der Waals surface area contributed by atoms with Crippen LogP contribution in [0.2, 0.25) is 0 Å². The van der Waals surface area contributed by atoms with Crippen molar-refractivity contribution in [1.82, 2.24) is 5.32 Å². The number of hydrogen-bond acceptors (Lipinski definition) is 2. The molecule has 2 nitrogen and oxygen atoms in total. The Labute approximate surface area is 118 Å². The molecule has 0 aliphatic carbocycles. The van der Waals surface area contributed by atoms with Crippen molar-refractivity contribution in [2.45, 2.75) is 37.8 Å². The second kappa shape index (κ2) is 6.55. The number of benzene rings is 1. The number of rotatable bonds is 5. The van der Waals surface area contributed by atoms with Crippen LogP contribution >= 0.6 is 0 Å². The number of nitrogens with one attached hydrogen (secondary N) is 1. The predicted molar refractivity (Wildman–Crippen MR) is 65.1 cm³/mol. The summed E-state index contributed by atoms with van der Waals surface area (Å²) in [4.78, 5) is 0. The number of hydrogen-bond donors (Lipinski definition) is 1. The van der Waals surface area contributed by atoms with Crippen LogP contribution in [0, 0.1) is 0 Å². The first-order chi connectivity index (χ1) is 9.59. The molecule has 0 aromatic heterocycles. The maximum atomic E-state index is 12.4. The van der Waals surface area contributed by atoms with Gasteiger partial charge in [0, 0.05) is 6.04 Å². The molecule has 0 bridgehead atoms. The molecule has 0 fully saturated rings. The molecule has 8 heteroatoms. The zero-order chi connectivity index (χ0) is 16.3. The largest absolute Gasteiger partial charge is 0.471 e. The van der Waals surface area contributed by atoms with Crippen molar-refractivity contribution in [2.75, 3.05) is 7.05 Å². The summed E-state index contributed by atoms with van der Waals surface area (Å²) < 4.78 is 78.8. The molecule has 1 rings (SSSR count). The quantitative estimate of drug-likeness (QED) is 0.821. The van der Waals surface area contributed by atoms with Gasteiger partial charge in [0.2, 0.25) is 0 Å². The van der Waals surface area contributed by atoms with E-state index in [4.69, 9.17) is 0 Å². The van der Waals surface area contributed by atoms with Crippen LogP contribution in [-0.2, 0) is 0 Å². The molecule has 21 heavy (non-hydrogen) atoms. The van der Waals surface area contributed by atoms with Crippen LogP contribution < -0.4 is 10.1 Å². The summed E-state index contributed by atoms with van der Waals surface area (Å²) in [5, 5.41) is 2.91. The summed E-state index contributed by atoms with van der Waals surface area (Å²) in [6.45, 7) is 1.84. The topological polar surface area (TPSA) is 21.3 Å². The molecule has 0 saturated heterocycles. The van der Waals surface area contributed by atoms with E-state index < -0.39 is 24.2 Å². The minimum atomic E-state index is -5.53. The Bertz CT molecular complexity index is 439. The maximum absolute atomic E-state index is 12.4. The second-order valence-corrected chi connectivity index (χ2v) is 4.40. The zero-order valence-corrected chi connectivity index (χ0v) is 11.3.